The largest absolute Gasteiger partial charge is 0.294 e. The summed E-state index contributed by atoms with van der Waals surface area (Å²) in [6.07, 6.45) is 4.03. The van der Waals surface area contributed by atoms with Crippen LogP contribution in [0.5, 0.6) is 0 Å². The smallest absolute Gasteiger partial charge is 0.162 e. The van der Waals surface area contributed by atoms with Crippen LogP contribution < -0.4 is 0 Å². The van der Waals surface area contributed by atoms with Crippen molar-refractivity contribution in [2.24, 2.45) is 0 Å². The molecule has 1 aromatic rings. The molecule has 0 aliphatic rings. The topological polar surface area (TPSA) is 17.1 Å². The summed E-state index contributed by atoms with van der Waals surface area (Å²) < 4.78 is 0. The van der Waals surface area contributed by atoms with Crippen LogP contribution in [0.3, 0.4) is 0 Å². The maximum Gasteiger partial charge on any atom is 0.162 e. The monoisotopic (exact) mass is 176 g/mol. The fourth-order valence-corrected chi connectivity index (χ4v) is 1.30. The minimum Gasteiger partial charge on any atom is -0.294 e. The normalized spacial score (nSPS) is 9.92. The van der Waals surface area contributed by atoms with E-state index < -0.39 is 0 Å². The van der Waals surface area contributed by atoms with E-state index in [2.05, 4.69) is 6.92 Å². The Labute approximate surface area is 79.8 Å². The van der Waals surface area contributed by atoms with Gasteiger partial charge in [0.05, 0.1) is 0 Å². The first-order valence-electron chi connectivity index (χ1n) is 4.93. The van der Waals surface area contributed by atoms with Gasteiger partial charge in [-0.25, -0.2) is 0 Å². The van der Waals surface area contributed by atoms with Gasteiger partial charge in [-0.15, -0.1) is 0 Å². The van der Waals surface area contributed by atoms with Crippen LogP contribution in [0.15, 0.2) is 30.3 Å². The molecule has 0 spiro atoms. The molecule has 1 aromatic carbocycles. The molecule has 0 N–H and O–H groups in total. The molecule has 13 heavy (non-hydrogen) atoms. The summed E-state index contributed by atoms with van der Waals surface area (Å²) in [6, 6.07) is 9.52. The van der Waals surface area contributed by atoms with Gasteiger partial charge in [0.15, 0.2) is 5.78 Å². The Hall–Kier alpha value is -1.11. The Morgan fingerprint density at radius 1 is 1.15 bits per heavy atom. The van der Waals surface area contributed by atoms with Crippen molar-refractivity contribution in [3.63, 3.8) is 0 Å². The third kappa shape index (κ3) is 3.41. The zero-order valence-electron chi connectivity index (χ0n) is 8.12. The molecule has 0 unspecified atom stereocenters. The summed E-state index contributed by atoms with van der Waals surface area (Å²) in [5.74, 6) is 0.272. The van der Waals surface area contributed by atoms with Crippen molar-refractivity contribution in [1.29, 1.82) is 0 Å². The molecule has 0 saturated heterocycles. The molecule has 1 heteroatoms. The van der Waals surface area contributed by atoms with Crippen LogP contribution in [0.4, 0.5) is 0 Å². The van der Waals surface area contributed by atoms with Crippen molar-refractivity contribution in [3.05, 3.63) is 35.9 Å². The second kappa shape index (κ2) is 5.52. The number of ketones is 1. The predicted molar refractivity (Wildman–Crippen MR) is 54.9 cm³/mol. The standard InChI is InChI=1S/C12H16O/c1-2-3-5-10-12(13)11-8-6-4-7-9-11/h4,6-9H,2-3,5,10H2,1H3. The van der Waals surface area contributed by atoms with Crippen LogP contribution in [-0.2, 0) is 0 Å². The molecule has 0 fully saturated rings. The van der Waals surface area contributed by atoms with Crippen LogP contribution in [0.2, 0.25) is 0 Å². The lowest BCUT2D eigenvalue weighted by Gasteiger charge is -1.99. The Morgan fingerprint density at radius 3 is 2.46 bits per heavy atom. The Morgan fingerprint density at radius 2 is 1.85 bits per heavy atom. The van der Waals surface area contributed by atoms with Gasteiger partial charge in [0.1, 0.15) is 0 Å². The van der Waals surface area contributed by atoms with E-state index in [-0.39, 0.29) is 5.78 Å². The molecule has 0 amide bonds. The number of benzene rings is 1. The summed E-state index contributed by atoms with van der Waals surface area (Å²) in [7, 11) is 0. The second-order valence-corrected chi connectivity index (χ2v) is 3.25. The van der Waals surface area contributed by atoms with Crippen molar-refractivity contribution >= 4 is 5.78 Å². The maximum atomic E-state index is 11.5. The highest BCUT2D eigenvalue weighted by Gasteiger charge is 2.02. The number of carbonyl (C=O) groups excluding carboxylic acids is 1. The van der Waals surface area contributed by atoms with E-state index in [9.17, 15) is 4.79 Å². The first kappa shape index (κ1) is 9.97. The van der Waals surface area contributed by atoms with Crippen molar-refractivity contribution in [3.8, 4) is 0 Å². The molecular formula is C12H16O. The summed E-state index contributed by atoms with van der Waals surface area (Å²) in [5, 5.41) is 0. The molecule has 0 atom stereocenters. The summed E-state index contributed by atoms with van der Waals surface area (Å²) in [4.78, 5) is 11.5. The van der Waals surface area contributed by atoms with E-state index in [4.69, 9.17) is 0 Å². The van der Waals surface area contributed by atoms with Gasteiger partial charge in [-0.05, 0) is 6.42 Å². The Bertz CT molecular complexity index is 251. The van der Waals surface area contributed by atoms with Crippen LogP contribution in [-0.4, -0.2) is 5.78 Å². The highest BCUT2D eigenvalue weighted by Crippen LogP contribution is 2.07. The van der Waals surface area contributed by atoms with Crippen molar-refractivity contribution in [1.82, 2.24) is 0 Å². The molecule has 70 valence electrons. The first-order chi connectivity index (χ1) is 6.34. The zero-order chi connectivity index (χ0) is 9.52. The molecule has 0 aromatic heterocycles. The Kier molecular flexibility index (Phi) is 4.24. The van der Waals surface area contributed by atoms with E-state index in [1.807, 2.05) is 30.3 Å². The average molecular weight is 176 g/mol. The number of hydrogen-bond donors (Lipinski definition) is 0. The lowest BCUT2D eigenvalue weighted by Crippen LogP contribution is -1.97. The highest BCUT2D eigenvalue weighted by molar-refractivity contribution is 5.95. The molecule has 0 saturated carbocycles. The van der Waals surface area contributed by atoms with Crippen LogP contribution in [0.1, 0.15) is 43.0 Å². The van der Waals surface area contributed by atoms with E-state index >= 15 is 0 Å². The summed E-state index contributed by atoms with van der Waals surface area (Å²) in [6.45, 7) is 2.15. The van der Waals surface area contributed by atoms with Gasteiger partial charge in [0, 0.05) is 12.0 Å². The van der Waals surface area contributed by atoms with Gasteiger partial charge in [0.2, 0.25) is 0 Å². The van der Waals surface area contributed by atoms with E-state index in [0.29, 0.717) is 6.42 Å². The maximum absolute atomic E-state index is 11.5. The first-order valence-corrected chi connectivity index (χ1v) is 4.93. The van der Waals surface area contributed by atoms with Gasteiger partial charge in [0.25, 0.3) is 0 Å². The van der Waals surface area contributed by atoms with Gasteiger partial charge < -0.3 is 0 Å². The van der Waals surface area contributed by atoms with Gasteiger partial charge in [-0.1, -0.05) is 50.1 Å². The molecule has 0 heterocycles. The third-order valence-electron chi connectivity index (χ3n) is 2.10. The highest BCUT2D eigenvalue weighted by atomic mass is 16.1. The van der Waals surface area contributed by atoms with Crippen molar-refractivity contribution < 1.29 is 4.79 Å². The molecular weight excluding hydrogens is 160 g/mol. The fourth-order valence-electron chi connectivity index (χ4n) is 1.30. The molecule has 0 aliphatic carbocycles. The van der Waals surface area contributed by atoms with Crippen LogP contribution >= 0.6 is 0 Å². The van der Waals surface area contributed by atoms with Gasteiger partial charge >= 0.3 is 0 Å². The van der Waals surface area contributed by atoms with Crippen LogP contribution in [0.25, 0.3) is 0 Å². The molecule has 1 nitrogen and oxygen atoms in total. The predicted octanol–water partition coefficient (Wildman–Crippen LogP) is 3.45. The summed E-state index contributed by atoms with van der Waals surface area (Å²) >= 11 is 0. The number of carbonyl (C=O) groups is 1. The minimum absolute atomic E-state index is 0.272. The van der Waals surface area contributed by atoms with Crippen molar-refractivity contribution in [2.45, 2.75) is 32.6 Å². The average Bonchev–Trinajstić information content (AvgIpc) is 2.19. The number of rotatable bonds is 5. The number of unbranched alkanes of at least 4 members (excludes halogenated alkanes) is 2. The zero-order valence-corrected chi connectivity index (χ0v) is 8.12. The van der Waals surface area contributed by atoms with Gasteiger partial charge in [-0.2, -0.15) is 0 Å². The van der Waals surface area contributed by atoms with E-state index in [1.165, 1.54) is 6.42 Å². The molecule has 0 radical (unpaired) electrons. The molecule has 1 rings (SSSR count). The van der Waals surface area contributed by atoms with E-state index in [1.54, 1.807) is 0 Å². The quantitative estimate of drug-likeness (QED) is 0.496. The SMILES string of the molecule is CCCCCC(=O)c1ccccc1. The Balaban J connectivity index is 2.40. The minimum atomic E-state index is 0.272. The van der Waals surface area contributed by atoms with Crippen LogP contribution in [0, 0.1) is 0 Å². The lowest BCUT2D eigenvalue weighted by molar-refractivity contribution is 0.0979. The van der Waals surface area contributed by atoms with Crippen molar-refractivity contribution in [2.75, 3.05) is 0 Å². The second-order valence-electron chi connectivity index (χ2n) is 3.25. The third-order valence-corrected chi connectivity index (χ3v) is 2.10. The molecule has 0 aliphatic heterocycles. The lowest BCUT2D eigenvalue weighted by atomic mass is 10.1. The number of Topliss-reactive ketones (excluding diaryl/α,β-unsaturated/α-hetero) is 1. The van der Waals surface area contributed by atoms with Gasteiger partial charge in [-0.3, -0.25) is 4.79 Å². The number of hydrogen-bond acceptors (Lipinski definition) is 1. The fraction of sp³-hybridized carbons (Fsp3) is 0.417. The molecule has 0 bridgehead atoms. The summed E-state index contributed by atoms with van der Waals surface area (Å²) in [5.41, 5.74) is 0.846. The van der Waals surface area contributed by atoms with E-state index in [0.717, 1.165) is 18.4 Å².